The lowest BCUT2D eigenvalue weighted by Crippen LogP contribution is -2.25. The van der Waals surface area contributed by atoms with Crippen molar-refractivity contribution in [3.8, 4) is 0 Å². The van der Waals surface area contributed by atoms with Crippen LogP contribution in [0.4, 0.5) is 0 Å². The largest absolute Gasteiger partial charge is 0.478 e. The Balaban J connectivity index is -0.000000460. The highest BCUT2D eigenvalue weighted by Gasteiger charge is 2.10. The molecule has 29 heavy (non-hydrogen) atoms. The smallest absolute Gasteiger partial charge is 0.330 e. The van der Waals surface area contributed by atoms with E-state index in [9.17, 15) is 19.2 Å². The van der Waals surface area contributed by atoms with Crippen molar-refractivity contribution in [1.82, 2.24) is 0 Å². The van der Waals surface area contributed by atoms with Crippen LogP contribution < -0.4 is 0 Å². The van der Waals surface area contributed by atoms with E-state index < -0.39 is 23.9 Å². The number of esters is 2. The number of aliphatic carboxylic acids is 2. The molecule has 0 aliphatic heterocycles. The summed E-state index contributed by atoms with van der Waals surface area (Å²) in [5.74, 6) is -2.86. The number of carbonyl (C=O) groups excluding carboxylic acids is 2. The molecule has 0 aliphatic rings. The van der Waals surface area contributed by atoms with Gasteiger partial charge in [-0.25, -0.2) is 19.2 Å². The van der Waals surface area contributed by atoms with Crippen molar-refractivity contribution in [2.45, 2.75) is 39.9 Å². The van der Waals surface area contributed by atoms with Gasteiger partial charge in [0.05, 0.1) is 12.7 Å². The van der Waals surface area contributed by atoms with Crippen LogP contribution in [0, 0.1) is 0 Å². The van der Waals surface area contributed by atoms with E-state index in [0.717, 1.165) is 12.2 Å². The third-order valence-electron chi connectivity index (χ3n) is 2.46. The molecule has 0 bridgehead atoms. The van der Waals surface area contributed by atoms with E-state index in [-0.39, 0.29) is 36.6 Å². The first-order valence-electron chi connectivity index (χ1n) is 8.29. The zero-order valence-corrected chi connectivity index (χ0v) is 17.3. The highest BCUT2D eigenvalue weighted by molar-refractivity contribution is 5.85. The highest BCUT2D eigenvalue weighted by Crippen LogP contribution is 1.99. The Hall–Kier alpha value is -3.20. The Kier molecular flexibility index (Phi) is 19.1. The van der Waals surface area contributed by atoms with Crippen molar-refractivity contribution in [2.24, 2.45) is 0 Å². The van der Waals surface area contributed by atoms with Gasteiger partial charge in [0.25, 0.3) is 0 Å². The molecule has 0 aromatic heterocycles. The average molecular weight is 414 g/mol. The fourth-order valence-corrected chi connectivity index (χ4v) is 0.887. The number of hydrogen-bond donors (Lipinski definition) is 2. The van der Waals surface area contributed by atoms with Gasteiger partial charge in [-0.15, -0.1) is 0 Å². The molecular formula is C20H30O9. The Morgan fingerprint density at radius 3 is 1.52 bits per heavy atom. The first kappa shape index (κ1) is 30.5. The summed E-state index contributed by atoms with van der Waals surface area (Å²) >= 11 is 0. The lowest BCUT2D eigenvalue weighted by atomic mass is 10.4. The normalized spacial score (nSPS) is 10.9. The van der Waals surface area contributed by atoms with Crippen LogP contribution in [0.25, 0.3) is 0 Å². The summed E-state index contributed by atoms with van der Waals surface area (Å²) in [6, 6.07) is 0. The van der Waals surface area contributed by atoms with Crippen molar-refractivity contribution in [2.75, 3.05) is 13.2 Å². The van der Waals surface area contributed by atoms with Gasteiger partial charge < -0.3 is 24.4 Å². The highest BCUT2D eigenvalue weighted by atomic mass is 16.6. The number of carboxylic acids is 2. The second kappa shape index (κ2) is 18.2. The third-order valence-corrected chi connectivity index (χ3v) is 2.46. The minimum atomic E-state index is -0.935. The lowest BCUT2D eigenvalue weighted by Gasteiger charge is -2.16. The van der Waals surface area contributed by atoms with Crippen LogP contribution in [0.5, 0.6) is 0 Å². The summed E-state index contributed by atoms with van der Waals surface area (Å²) in [6.07, 6.45) is 1.52. The second-order valence-electron chi connectivity index (χ2n) is 5.60. The van der Waals surface area contributed by atoms with Crippen molar-refractivity contribution < 1.29 is 43.6 Å². The molecule has 2 atom stereocenters. The van der Waals surface area contributed by atoms with Gasteiger partial charge in [-0.3, -0.25) is 0 Å². The van der Waals surface area contributed by atoms with Gasteiger partial charge in [-0.2, -0.15) is 0 Å². The SMILES string of the molecule is C=C(C)C(=O)O.C=C(C)C(=O)O.C=CC(=O)OCC(C)OCC(C)OC(=O)C=C. The molecule has 0 fully saturated rings. The van der Waals surface area contributed by atoms with Crippen LogP contribution >= 0.6 is 0 Å². The number of ether oxygens (including phenoxy) is 3. The molecule has 0 rings (SSSR count). The van der Waals surface area contributed by atoms with E-state index in [4.69, 9.17) is 24.4 Å². The summed E-state index contributed by atoms with van der Waals surface area (Å²) in [6.45, 7) is 19.6. The molecule has 164 valence electrons. The molecule has 9 heteroatoms. The zero-order chi connectivity index (χ0) is 23.6. The number of rotatable bonds is 10. The fraction of sp³-hybridized carbons (Fsp3) is 0.400. The summed E-state index contributed by atoms with van der Waals surface area (Å²) in [5, 5.41) is 15.8. The quantitative estimate of drug-likeness (QED) is 0.408. The minimum absolute atomic E-state index is 0.132. The van der Waals surface area contributed by atoms with Crippen LogP contribution in [-0.4, -0.2) is 59.5 Å². The lowest BCUT2D eigenvalue weighted by molar-refractivity contribution is -0.148. The topological polar surface area (TPSA) is 136 Å². The monoisotopic (exact) mass is 414 g/mol. The fourth-order valence-electron chi connectivity index (χ4n) is 0.887. The molecule has 0 radical (unpaired) electrons. The van der Waals surface area contributed by atoms with E-state index in [2.05, 4.69) is 26.3 Å². The average Bonchev–Trinajstić information content (AvgIpc) is 2.64. The molecule has 0 saturated heterocycles. The van der Waals surface area contributed by atoms with Gasteiger partial charge in [-0.1, -0.05) is 26.3 Å². The van der Waals surface area contributed by atoms with E-state index in [0.29, 0.717) is 0 Å². The summed E-state index contributed by atoms with van der Waals surface area (Å²) < 4.78 is 15.0. The molecule has 0 heterocycles. The van der Waals surface area contributed by atoms with E-state index in [1.54, 1.807) is 13.8 Å². The molecule has 2 unspecified atom stereocenters. The predicted octanol–water partition coefficient (Wildman–Crippen LogP) is 2.53. The van der Waals surface area contributed by atoms with E-state index >= 15 is 0 Å². The van der Waals surface area contributed by atoms with Gasteiger partial charge in [0, 0.05) is 23.3 Å². The maximum absolute atomic E-state index is 10.8. The van der Waals surface area contributed by atoms with Gasteiger partial charge in [-0.05, 0) is 27.7 Å². The maximum atomic E-state index is 10.8. The number of hydrogen-bond acceptors (Lipinski definition) is 7. The van der Waals surface area contributed by atoms with Crippen molar-refractivity contribution in [3.63, 3.8) is 0 Å². The molecule has 0 saturated carbocycles. The first-order chi connectivity index (χ1) is 13.3. The summed E-state index contributed by atoms with van der Waals surface area (Å²) in [7, 11) is 0. The van der Waals surface area contributed by atoms with E-state index in [1.165, 1.54) is 13.8 Å². The van der Waals surface area contributed by atoms with Crippen molar-refractivity contribution in [1.29, 1.82) is 0 Å². The van der Waals surface area contributed by atoms with Crippen LogP contribution in [-0.2, 0) is 33.4 Å². The van der Waals surface area contributed by atoms with Gasteiger partial charge in [0.1, 0.15) is 12.7 Å². The Bertz CT molecular complexity index is 557. The van der Waals surface area contributed by atoms with Crippen LogP contribution in [0.2, 0.25) is 0 Å². The first-order valence-corrected chi connectivity index (χ1v) is 8.29. The van der Waals surface area contributed by atoms with Crippen LogP contribution in [0.3, 0.4) is 0 Å². The third kappa shape index (κ3) is 24.8. The Labute approximate surface area is 171 Å². The molecule has 0 aliphatic carbocycles. The number of carboxylic acid groups (broad SMARTS) is 2. The minimum Gasteiger partial charge on any atom is -0.478 e. The zero-order valence-electron chi connectivity index (χ0n) is 17.3. The Morgan fingerprint density at radius 1 is 0.828 bits per heavy atom. The molecule has 0 aromatic rings. The van der Waals surface area contributed by atoms with Gasteiger partial charge >= 0.3 is 23.9 Å². The van der Waals surface area contributed by atoms with Crippen molar-refractivity contribution in [3.05, 3.63) is 49.6 Å². The molecule has 0 spiro atoms. The second-order valence-corrected chi connectivity index (χ2v) is 5.60. The standard InChI is InChI=1S/C12H18O5.2C4H6O2/c1-5-11(13)16-7-9(3)15-8-10(4)17-12(14)6-2;2*1-3(2)4(5)6/h5-6,9-10H,1-2,7-8H2,3-4H3;2*1H2,2H3,(H,5,6). The van der Waals surface area contributed by atoms with Crippen LogP contribution in [0.15, 0.2) is 49.6 Å². The van der Waals surface area contributed by atoms with Crippen molar-refractivity contribution >= 4 is 23.9 Å². The maximum Gasteiger partial charge on any atom is 0.330 e. The number of carbonyl (C=O) groups is 4. The van der Waals surface area contributed by atoms with Gasteiger partial charge in [0.15, 0.2) is 0 Å². The predicted molar refractivity (Wildman–Crippen MR) is 107 cm³/mol. The van der Waals surface area contributed by atoms with Crippen LogP contribution in [0.1, 0.15) is 27.7 Å². The molecule has 9 nitrogen and oxygen atoms in total. The molecule has 0 amide bonds. The molecule has 2 N–H and O–H groups in total. The molecular weight excluding hydrogens is 384 g/mol. The summed E-state index contributed by atoms with van der Waals surface area (Å²) in [5.41, 5.74) is 0.352. The summed E-state index contributed by atoms with van der Waals surface area (Å²) in [4.78, 5) is 40.8. The Morgan fingerprint density at radius 2 is 1.21 bits per heavy atom. The van der Waals surface area contributed by atoms with E-state index in [1.807, 2.05) is 0 Å². The molecule has 0 aromatic carbocycles. The van der Waals surface area contributed by atoms with Gasteiger partial charge in [0.2, 0.25) is 0 Å².